The average Bonchev–Trinajstić information content (AvgIpc) is 2.42. The number of sulfonamides is 1. The summed E-state index contributed by atoms with van der Waals surface area (Å²) in [6.45, 7) is 1.76. The van der Waals surface area contributed by atoms with E-state index in [9.17, 15) is 18.5 Å². The summed E-state index contributed by atoms with van der Waals surface area (Å²) in [6.07, 6.45) is 0. The van der Waals surface area contributed by atoms with E-state index >= 15 is 0 Å². The van der Waals surface area contributed by atoms with Gasteiger partial charge in [-0.15, -0.1) is 0 Å². The highest BCUT2D eigenvalue weighted by Crippen LogP contribution is 2.24. The van der Waals surface area contributed by atoms with Gasteiger partial charge in [-0.2, -0.15) is 0 Å². The number of halogens is 1. The minimum absolute atomic E-state index is 0.154. The van der Waals surface area contributed by atoms with Crippen molar-refractivity contribution in [2.24, 2.45) is 0 Å². The fourth-order valence-corrected chi connectivity index (χ4v) is 3.36. The zero-order valence-corrected chi connectivity index (χ0v) is 13.3. The molecular weight excluding hydrogens is 360 g/mol. The van der Waals surface area contributed by atoms with Crippen LogP contribution >= 0.6 is 15.9 Å². The predicted molar refractivity (Wildman–Crippen MR) is 82.8 cm³/mol. The van der Waals surface area contributed by atoms with Crippen molar-refractivity contribution in [2.45, 2.75) is 11.8 Å². The zero-order chi connectivity index (χ0) is 15.6. The van der Waals surface area contributed by atoms with Gasteiger partial charge in [-0.05, 0) is 36.8 Å². The van der Waals surface area contributed by atoms with Crippen molar-refractivity contribution in [3.05, 3.63) is 62.6 Å². The molecule has 0 spiro atoms. The second kappa shape index (κ2) is 5.82. The van der Waals surface area contributed by atoms with Crippen LogP contribution in [0.25, 0.3) is 0 Å². The lowest BCUT2D eigenvalue weighted by Gasteiger charge is -2.10. The van der Waals surface area contributed by atoms with Crippen LogP contribution in [0.5, 0.6) is 0 Å². The van der Waals surface area contributed by atoms with E-state index in [0.29, 0.717) is 5.69 Å². The molecule has 0 atom stereocenters. The molecule has 2 aromatic rings. The van der Waals surface area contributed by atoms with Crippen LogP contribution in [0, 0.1) is 17.0 Å². The quantitative estimate of drug-likeness (QED) is 0.658. The molecule has 0 bridgehead atoms. The molecule has 110 valence electrons. The van der Waals surface area contributed by atoms with Gasteiger partial charge in [0.25, 0.3) is 15.7 Å². The molecule has 2 aromatic carbocycles. The number of benzene rings is 2. The summed E-state index contributed by atoms with van der Waals surface area (Å²) in [5.74, 6) is 0. The fourth-order valence-electron chi connectivity index (χ4n) is 1.71. The van der Waals surface area contributed by atoms with Gasteiger partial charge in [-0.3, -0.25) is 14.8 Å². The number of anilines is 1. The molecule has 0 saturated carbocycles. The minimum atomic E-state index is -3.87. The monoisotopic (exact) mass is 370 g/mol. The van der Waals surface area contributed by atoms with Gasteiger partial charge in [0.1, 0.15) is 0 Å². The third-order valence-electron chi connectivity index (χ3n) is 2.77. The van der Waals surface area contributed by atoms with Gasteiger partial charge in [0.15, 0.2) is 0 Å². The maximum atomic E-state index is 12.3. The highest BCUT2D eigenvalue weighted by Gasteiger charge is 2.18. The van der Waals surface area contributed by atoms with Crippen LogP contribution in [0.2, 0.25) is 0 Å². The Morgan fingerprint density at radius 1 is 1.19 bits per heavy atom. The standard InChI is InChI=1S/C13H11BrN2O4S/c1-9-7-10(14)5-6-13(9)15-21(19,20)12-4-2-3-11(8-12)16(17)18/h2-8,15H,1H3. The first kappa shape index (κ1) is 15.5. The second-order valence-corrected chi connectivity index (χ2v) is 6.92. The van der Waals surface area contributed by atoms with Gasteiger partial charge in [0.05, 0.1) is 15.5 Å². The second-order valence-electron chi connectivity index (χ2n) is 4.32. The number of nitro groups is 1. The van der Waals surface area contributed by atoms with Crippen LogP contribution in [0.4, 0.5) is 11.4 Å². The summed E-state index contributed by atoms with van der Waals surface area (Å²) in [7, 11) is -3.87. The van der Waals surface area contributed by atoms with Gasteiger partial charge in [0.2, 0.25) is 0 Å². The summed E-state index contributed by atoms with van der Waals surface area (Å²) < 4.78 is 27.8. The molecule has 21 heavy (non-hydrogen) atoms. The Bertz CT molecular complexity index is 806. The number of nitrogens with one attached hydrogen (secondary N) is 1. The number of aryl methyl sites for hydroxylation is 1. The molecule has 0 saturated heterocycles. The van der Waals surface area contributed by atoms with Crippen molar-refractivity contribution in [3.63, 3.8) is 0 Å². The topological polar surface area (TPSA) is 89.3 Å². The molecule has 0 aliphatic rings. The molecule has 0 amide bonds. The summed E-state index contributed by atoms with van der Waals surface area (Å²) in [6, 6.07) is 10.0. The molecule has 0 fully saturated rings. The minimum Gasteiger partial charge on any atom is -0.279 e. The SMILES string of the molecule is Cc1cc(Br)ccc1NS(=O)(=O)c1cccc([N+](=O)[O-])c1. The van der Waals surface area contributed by atoms with Crippen molar-refractivity contribution >= 4 is 37.3 Å². The van der Waals surface area contributed by atoms with Crippen LogP contribution in [0.3, 0.4) is 0 Å². The fraction of sp³-hybridized carbons (Fsp3) is 0.0769. The maximum Gasteiger partial charge on any atom is 0.270 e. The molecular formula is C13H11BrN2O4S. The van der Waals surface area contributed by atoms with Gasteiger partial charge in [-0.1, -0.05) is 22.0 Å². The third kappa shape index (κ3) is 3.59. The normalized spacial score (nSPS) is 11.1. The van der Waals surface area contributed by atoms with Crippen LogP contribution < -0.4 is 4.72 Å². The maximum absolute atomic E-state index is 12.3. The van der Waals surface area contributed by atoms with Crippen LogP contribution in [-0.4, -0.2) is 13.3 Å². The Hall–Kier alpha value is -1.93. The highest BCUT2D eigenvalue weighted by molar-refractivity contribution is 9.10. The smallest absolute Gasteiger partial charge is 0.270 e. The highest BCUT2D eigenvalue weighted by atomic mass is 79.9. The van der Waals surface area contributed by atoms with E-state index < -0.39 is 14.9 Å². The van der Waals surface area contributed by atoms with Crippen molar-refractivity contribution in [1.82, 2.24) is 0 Å². The van der Waals surface area contributed by atoms with Crippen LogP contribution in [0.1, 0.15) is 5.56 Å². The summed E-state index contributed by atoms with van der Waals surface area (Å²) in [5.41, 5.74) is 0.883. The Morgan fingerprint density at radius 2 is 1.90 bits per heavy atom. The summed E-state index contributed by atoms with van der Waals surface area (Å²) in [5, 5.41) is 10.7. The first-order chi connectivity index (χ1) is 9.79. The lowest BCUT2D eigenvalue weighted by Crippen LogP contribution is -2.13. The molecule has 8 heteroatoms. The van der Waals surface area contributed by atoms with Gasteiger partial charge in [-0.25, -0.2) is 8.42 Å². The molecule has 2 rings (SSSR count). The average molecular weight is 371 g/mol. The van der Waals surface area contributed by atoms with E-state index in [1.165, 1.54) is 18.2 Å². The Morgan fingerprint density at radius 3 is 2.52 bits per heavy atom. The van der Waals surface area contributed by atoms with E-state index in [1.54, 1.807) is 25.1 Å². The molecule has 0 heterocycles. The van der Waals surface area contributed by atoms with Gasteiger partial charge in [0, 0.05) is 16.6 Å². The number of hydrogen-bond acceptors (Lipinski definition) is 4. The molecule has 0 radical (unpaired) electrons. The van der Waals surface area contributed by atoms with E-state index in [0.717, 1.165) is 16.1 Å². The number of nitro benzene ring substituents is 1. The first-order valence-electron chi connectivity index (χ1n) is 5.83. The van der Waals surface area contributed by atoms with Crippen molar-refractivity contribution in [1.29, 1.82) is 0 Å². The summed E-state index contributed by atoms with van der Waals surface area (Å²) in [4.78, 5) is 9.93. The van der Waals surface area contributed by atoms with E-state index in [1.807, 2.05) is 0 Å². The number of rotatable bonds is 4. The largest absolute Gasteiger partial charge is 0.279 e. The number of nitrogens with zero attached hydrogens (tertiary/aromatic N) is 1. The van der Waals surface area contributed by atoms with Crippen LogP contribution in [0.15, 0.2) is 51.8 Å². The van der Waals surface area contributed by atoms with Crippen molar-refractivity contribution in [3.8, 4) is 0 Å². The van der Waals surface area contributed by atoms with Crippen LogP contribution in [-0.2, 0) is 10.0 Å². The van der Waals surface area contributed by atoms with E-state index in [-0.39, 0.29) is 10.6 Å². The first-order valence-corrected chi connectivity index (χ1v) is 8.10. The molecule has 1 N–H and O–H groups in total. The molecule has 0 unspecified atom stereocenters. The van der Waals surface area contributed by atoms with Crippen molar-refractivity contribution in [2.75, 3.05) is 4.72 Å². The molecule has 0 aliphatic heterocycles. The molecule has 6 nitrogen and oxygen atoms in total. The Kier molecular flexibility index (Phi) is 4.29. The number of hydrogen-bond donors (Lipinski definition) is 1. The molecule has 0 aliphatic carbocycles. The zero-order valence-electron chi connectivity index (χ0n) is 10.9. The van der Waals surface area contributed by atoms with Gasteiger partial charge >= 0.3 is 0 Å². The van der Waals surface area contributed by atoms with Crippen molar-refractivity contribution < 1.29 is 13.3 Å². The lowest BCUT2D eigenvalue weighted by molar-refractivity contribution is -0.385. The van der Waals surface area contributed by atoms with Gasteiger partial charge < -0.3 is 0 Å². The Labute approximate surface area is 130 Å². The third-order valence-corrected chi connectivity index (χ3v) is 4.63. The van der Waals surface area contributed by atoms with E-state index in [2.05, 4.69) is 20.7 Å². The van der Waals surface area contributed by atoms with E-state index in [4.69, 9.17) is 0 Å². The predicted octanol–water partition coefficient (Wildman–Crippen LogP) is 3.47. The molecule has 0 aromatic heterocycles. The Balaban J connectivity index is 2.38. The number of non-ortho nitro benzene ring substituents is 1. The lowest BCUT2D eigenvalue weighted by atomic mass is 10.2. The summed E-state index contributed by atoms with van der Waals surface area (Å²) >= 11 is 3.29.